The molecule has 0 aromatic heterocycles. The number of ether oxygens (including phenoxy) is 1. The molecule has 0 atom stereocenters. The SMILES string of the molecule is CN=C(NCc1ccc(C(=O)OC)cc1)NCC(C)(C)N1CCCCC1.I. The molecular formula is C20H33IN4O2. The monoisotopic (exact) mass is 488 g/mol. The summed E-state index contributed by atoms with van der Waals surface area (Å²) in [7, 11) is 3.17. The Morgan fingerprint density at radius 2 is 1.78 bits per heavy atom. The minimum absolute atomic E-state index is 0. The molecule has 0 saturated carbocycles. The molecule has 2 N–H and O–H groups in total. The Bertz CT molecular complexity index is 611. The van der Waals surface area contributed by atoms with Crippen LogP contribution in [0.25, 0.3) is 0 Å². The normalized spacial score (nSPS) is 15.6. The van der Waals surface area contributed by atoms with Crippen molar-refractivity contribution < 1.29 is 9.53 Å². The second-order valence-corrected chi connectivity index (χ2v) is 7.33. The number of benzene rings is 1. The third-order valence-corrected chi connectivity index (χ3v) is 4.96. The molecule has 1 heterocycles. The van der Waals surface area contributed by atoms with Gasteiger partial charge in [-0.3, -0.25) is 9.89 Å². The molecule has 2 rings (SSSR count). The Labute approximate surface area is 180 Å². The first kappa shape index (κ1) is 23.7. The number of nitrogens with one attached hydrogen (secondary N) is 2. The number of rotatable bonds is 6. The number of likely N-dealkylation sites (tertiary alicyclic amines) is 1. The highest BCUT2D eigenvalue weighted by atomic mass is 127. The maximum Gasteiger partial charge on any atom is 0.337 e. The third kappa shape index (κ3) is 7.29. The number of esters is 1. The molecule has 0 aliphatic carbocycles. The Hall–Kier alpha value is -1.35. The van der Waals surface area contributed by atoms with E-state index in [-0.39, 0.29) is 35.5 Å². The Kier molecular flexibility index (Phi) is 10.1. The van der Waals surface area contributed by atoms with E-state index in [4.69, 9.17) is 4.74 Å². The lowest BCUT2D eigenvalue weighted by Crippen LogP contribution is -2.54. The molecule has 0 spiro atoms. The summed E-state index contributed by atoms with van der Waals surface area (Å²) in [6, 6.07) is 7.39. The second kappa shape index (κ2) is 11.5. The maximum absolute atomic E-state index is 11.5. The van der Waals surface area contributed by atoms with Gasteiger partial charge in [-0.2, -0.15) is 0 Å². The van der Waals surface area contributed by atoms with Gasteiger partial charge in [-0.25, -0.2) is 4.79 Å². The molecule has 0 radical (unpaired) electrons. The zero-order valence-electron chi connectivity index (χ0n) is 16.9. The topological polar surface area (TPSA) is 66.0 Å². The van der Waals surface area contributed by atoms with Crippen LogP contribution >= 0.6 is 24.0 Å². The van der Waals surface area contributed by atoms with Gasteiger partial charge in [0.15, 0.2) is 5.96 Å². The summed E-state index contributed by atoms with van der Waals surface area (Å²) in [4.78, 5) is 18.3. The van der Waals surface area contributed by atoms with E-state index < -0.39 is 0 Å². The van der Waals surface area contributed by atoms with E-state index in [2.05, 4.69) is 34.4 Å². The number of hydrogen-bond donors (Lipinski definition) is 2. The molecule has 7 heteroatoms. The number of nitrogens with zero attached hydrogens (tertiary/aromatic N) is 2. The molecule has 1 saturated heterocycles. The fourth-order valence-electron chi connectivity index (χ4n) is 3.19. The number of piperidine rings is 1. The molecular weight excluding hydrogens is 455 g/mol. The van der Waals surface area contributed by atoms with Crippen molar-refractivity contribution in [2.24, 2.45) is 4.99 Å². The first-order valence-corrected chi connectivity index (χ1v) is 9.33. The van der Waals surface area contributed by atoms with Crippen molar-refractivity contribution in [1.29, 1.82) is 0 Å². The van der Waals surface area contributed by atoms with E-state index >= 15 is 0 Å². The van der Waals surface area contributed by atoms with E-state index in [9.17, 15) is 4.79 Å². The van der Waals surface area contributed by atoms with Gasteiger partial charge in [-0.1, -0.05) is 18.6 Å². The summed E-state index contributed by atoms with van der Waals surface area (Å²) in [5, 5.41) is 6.77. The largest absolute Gasteiger partial charge is 0.465 e. The molecule has 6 nitrogen and oxygen atoms in total. The van der Waals surface area contributed by atoms with Crippen LogP contribution in [0.1, 0.15) is 49.0 Å². The molecule has 1 aliphatic heterocycles. The summed E-state index contributed by atoms with van der Waals surface area (Å²) in [5.74, 6) is 0.467. The molecule has 1 aliphatic rings. The highest BCUT2D eigenvalue weighted by Crippen LogP contribution is 2.19. The molecule has 1 aromatic rings. The lowest BCUT2D eigenvalue weighted by molar-refractivity contribution is 0.0600. The number of hydrogen-bond acceptors (Lipinski definition) is 4. The number of carbonyl (C=O) groups is 1. The maximum atomic E-state index is 11.5. The first-order valence-electron chi connectivity index (χ1n) is 9.33. The van der Waals surface area contributed by atoms with Crippen LogP contribution in [-0.4, -0.2) is 56.2 Å². The van der Waals surface area contributed by atoms with E-state index in [0.717, 1.165) is 18.1 Å². The molecule has 0 amide bonds. The number of guanidine groups is 1. The molecule has 0 bridgehead atoms. The minimum Gasteiger partial charge on any atom is -0.465 e. The second-order valence-electron chi connectivity index (χ2n) is 7.33. The summed E-state index contributed by atoms with van der Waals surface area (Å²) >= 11 is 0. The fraction of sp³-hybridized carbons (Fsp3) is 0.600. The number of carbonyl (C=O) groups excluding carboxylic acids is 1. The smallest absolute Gasteiger partial charge is 0.337 e. The Morgan fingerprint density at radius 1 is 1.15 bits per heavy atom. The molecule has 1 fully saturated rings. The van der Waals surface area contributed by atoms with E-state index in [0.29, 0.717) is 12.1 Å². The lowest BCUT2D eigenvalue weighted by atomic mass is 9.98. The first-order chi connectivity index (χ1) is 12.5. The van der Waals surface area contributed by atoms with Crippen molar-refractivity contribution in [2.45, 2.75) is 45.2 Å². The van der Waals surface area contributed by atoms with E-state index in [1.807, 2.05) is 12.1 Å². The van der Waals surface area contributed by atoms with Crippen LogP contribution in [0.3, 0.4) is 0 Å². The standard InChI is InChI=1S/C20H32N4O2.HI/c1-20(2,24-12-6-5-7-13-24)15-23-19(21-3)22-14-16-8-10-17(11-9-16)18(25)26-4;/h8-11H,5-7,12-15H2,1-4H3,(H2,21,22,23);1H. The van der Waals surface area contributed by atoms with E-state index in [1.165, 1.54) is 39.5 Å². The van der Waals surface area contributed by atoms with Crippen LogP contribution in [0, 0.1) is 0 Å². The van der Waals surface area contributed by atoms with Gasteiger partial charge in [0.1, 0.15) is 0 Å². The van der Waals surface area contributed by atoms with Crippen molar-refractivity contribution in [1.82, 2.24) is 15.5 Å². The molecule has 0 unspecified atom stereocenters. The zero-order valence-corrected chi connectivity index (χ0v) is 19.2. The quantitative estimate of drug-likeness (QED) is 0.279. The highest BCUT2D eigenvalue weighted by Gasteiger charge is 2.27. The summed E-state index contributed by atoms with van der Waals surface area (Å²) in [6.07, 6.45) is 3.92. The molecule has 1 aromatic carbocycles. The van der Waals surface area contributed by atoms with Gasteiger partial charge < -0.3 is 15.4 Å². The molecule has 27 heavy (non-hydrogen) atoms. The van der Waals surface area contributed by atoms with Gasteiger partial charge in [0.05, 0.1) is 12.7 Å². The van der Waals surface area contributed by atoms with Crippen molar-refractivity contribution in [3.05, 3.63) is 35.4 Å². The summed E-state index contributed by atoms with van der Waals surface area (Å²) in [6.45, 7) is 8.40. The average Bonchev–Trinajstić information content (AvgIpc) is 2.68. The minimum atomic E-state index is -0.318. The summed E-state index contributed by atoms with van der Waals surface area (Å²) < 4.78 is 4.72. The Morgan fingerprint density at radius 3 is 2.33 bits per heavy atom. The zero-order chi connectivity index (χ0) is 19.0. The van der Waals surface area contributed by atoms with Crippen molar-refractivity contribution in [2.75, 3.05) is 33.8 Å². The molecule has 152 valence electrons. The van der Waals surface area contributed by atoms with Gasteiger partial charge in [0, 0.05) is 25.7 Å². The highest BCUT2D eigenvalue weighted by molar-refractivity contribution is 14.0. The van der Waals surface area contributed by atoms with Gasteiger partial charge >= 0.3 is 5.97 Å². The Balaban J connectivity index is 0.00000364. The number of halogens is 1. The third-order valence-electron chi connectivity index (χ3n) is 4.96. The van der Waals surface area contributed by atoms with Gasteiger partial charge in [0.2, 0.25) is 0 Å². The van der Waals surface area contributed by atoms with Crippen LogP contribution in [0.5, 0.6) is 0 Å². The van der Waals surface area contributed by atoms with Crippen LogP contribution in [0.2, 0.25) is 0 Å². The predicted octanol–water partition coefficient (Wildman–Crippen LogP) is 3.02. The fourth-order valence-corrected chi connectivity index (χ4v) is 3.19. The van der Waals surface area contributed by atoms with Crippen molar-refractivity contribution >= 4 is 35.9 Å². The lowest BCUT2D eigenvalue weighted by Gasteiger charge is -2.41. The van der Waals surface area contributed by atoms with Crippen LogP contribution in [0.15, 0.2) is 29.3 Å². The number of methoxy groups -OCH3 is 1. The van der Waals surface area contributed by atoms with Gasteiger partial charge in [-0.15, -0.1) is 24.0 Å². The van der Waals surface area contributed by atoms with Crippen molar-refractivity contribution in [3.63, 3.8) is 0 Å². The van der Waals surface area contributed by atoms with Crippen LogP contribution in [-0.2, 0) is 11.3 Å². The average molecular weight is 488 g/mol. The van der Waals surface area contributed by atoms with Crippen molar-refractivity contribution in [3.8, 4) is 0 Å². The number of aliphatic imine (C=N–C) groups is 1. The summed E-state index contributed by atoms with van der Waals surface area (Å²) in [5.41, 5.74) is 1.73. The van der Waals surface area contributed by atoms with Gasteiger partial charge in [0.25, 0.3) is 0 Å². The van der Waals surface area contributed by atoms with Crippen LogP contribution in [0.4, 0.5) is 0 Å². The van der Waals surface area contributed by atoms with Gasteiger partial charge in [-0.05, 0) is 57.5 Å². The van der Waals surface area contributed by atoms with E-state index in [1.54, 1.807) is 19.2 Å². The predicted molar refractivity (Wildman–Crippen MR) is 121 cm³/mol. The van der Waals surface area contributed by atoms with Crippen LogP contribution < -0.4 is 10.6 Å².